The molecule has 0 spiro atoms. The van der Waals surface area contributed by atoms with Crippen molar-refractivity contribution in [3.8, 4) is 11.4 Å². The number of aromatic nitrogens is 2. The summed E-state index contributed by atoms with van der Waals surface area (Å²) in [5, 5.41) is 4.87. The molecule has 0 aliphatic heterocycles. The van der Waals surface area contributed by atoms with Crippen LogP contribution in [0.4, 0.5) is 34.1 Å². The zero-order valence-corrected chi connectivity index (χ0v) is 31.7. The predicted octanol–water partition coefficient (Wildman–Crippen LogP) is 14.8. The van der Waals surface area contributed by atoms with Crippen LogP contribution in [0.1, 0.15) is 0 Å². The van der Waals surface area contributed by atoms with E-state index in [0.717, 1.165) is 45.5 Å². The molecule has 0 aliphatic carbocycles. The Morgan fingerprint density at radius 1 is 0.224 bits per heavy atom. The lowest BCUT2D eigenvalue weighted by Crippen LogP contribution is -2.13. The zero-order valence-electron chi connectivity index (χ0n) is 31.7. The van der Waals surface area contributed by atoms with E-state index in [1.165, 1.54) is 43.6 Å². The lowest BCUT2D eigenvalue weighted by atomic mass is 10.1. The summed E-state index contributed by atoms with van der Waals surface area (Å²) in [7, 11) is 0. The number of fused-ring (bicyclic) bond motifs is 6. The minimum Gasteiger partial charge on any atom is -0.310 e. The average Bonchev–Trinajstić information content (AvgIpc) is 3.80. The highest BCUT2D eigenvalue weighted by molar-refractivity contribution is 6.12. The van der Waals surface area contributed by atoms with Crippen molar-refractivity contribution in [2.24, 2.45) is 0 Å². The quantitative estimate of drug-likeness (QED) is 0.154. The van der Waals surface area contributed by atoms with Gasteiger partial charge in [-0.2, -0.15) is 0 Å². The molecule has 2 heterocycles. The third-order valence-electron chi connectivity index (χ3n) is 11.2. The number of benzene rings is 9. The molecule has 0 N–H and O–H groups in total. The van der Waals surface area contributed by atoms with Gasteiger partial charge in [-0.1, -0.05) is 115 Å². The Hall–Kier alpha value is -7.82. The van der Waals surface area contributed by atoms with Gasteiger partial charge in [0.1, 0.15) is 0 Å². The average molecular weight is 743 g/mol. The van der Waals surface area contributed by atoms with Crippen LogP contribution >= 0.6 is 0 Å². The van der Waals surface area contributed by atoms with Crippen LogP contribution in [0, 0.1) is 0 Å². The molecule has 274 valence electrons. The molecule has 0 amide bonds. The maximum atomic E-state index is 2.37. The Morgan fingerprint density at radius 2 is 0.552 bits per heavy atom. The van der Waals surface area contributed by atoms with Crippen LogP contribution in [0.2, 0.25) is 0 Å². The van der Waals surface area contributed by atoms with Gasteiger partial charge >= 0.3 is 0 Å². The topological polar surface area (TPSA) is 16.3 Å². The van der Waals surface area contributed by atoms with E-state index in [1.54, 1.807) is 0 Å². The van der Waals surface area contributed by atoms with Crippen LogP contribution in [0.5, 0.6) is 0 Å². The largest absolute Gasteiger partial charge is 0.310 e. The van der Waals surface area contributed by atoms with Crippen LogP contribution in [0.3, 0.4) is 0 Å². The second-order valence-corrected chi connectivity index (χ2v) is 14.6. The van der Waals surface area contributed by atoms with Gasteiger partial charge in [-0.25, -0.2) is 0 Å². The maximum Gasteiger partial charge on any atom is 0.0542 e. The van der Waals surface area contributed by atoms with Crippen LogP contribution in [0.15, 0.2) is 231 Å². The highest BCUT2D eigenvalue weighted by Gasteiger charge is 2.21. The summed E-state index contributed by atoms with van der Waals surface area (Å²) < 4.78 is 4.74. The molecule has 2 aromatic heterocycles. The molecule has 0 radical (unpaired) electrons. The molecular formula is C54H38N4. The van der Waals surface area contributed by atoms with Crippen molar-refractivity contribution in [1.82, 2.24) is 9.13 Å². The molecule has 0 saturated carbocycles. The maximum absolute atomic E-state index is 2.37. The Labute approximate surface area is 337 Å². The molecule has 0 fully saturated rings. The van der Waals surface area contributed by atoms with Crippen LogP contribution in [-0.2, 0) is 0 Å². The molecule has 11 rings (SSSR count). The summed E-state index contributed by atoms with van der Waals surface area (Å²) in [5.74, 6) is 0. The zero-order chi connectivity index (χ0) is 38.4. The van der Waals surface area contributed by atoms with Gasteiger partial charge < -0.3 is 18.9 Å². The first-order valence-corrected chi connectivity index (χ1v) is 19.8. The van der Waals surface area contributed by atoms with Crippen molar-refractivity contribution in [2.75, 3.05) is 9.80 Å². The van der Waals surface area contributed by atoms with Gasteiger partial charge in [0, 0.05) is 67.0 Å². The van der Waals surface area contributed by atoms with Gasteiger partial charge in [-0.3, -0.25) is 0 Å². The number of hydrogen-bond acceptors (Lipinski definition) is 2. The Bertz CT molecular complexity index is 3010. The fraction of sp³-hybridized carbons (Fsp3) is 0. The number of hydrogen-bond donors (Lipinski definition) is 0. The summed E-state index contributed by atoms with van der Waals surface area (Å²) in [6.07, 6.45) is 0. The first kappa shape index (κ1) is 33.5. The lowest BCUT2D eigenvalue weighted by molar-refractivity contribution is 1.18. The summed E-state index contributed by atoms with van der Waals surface area (Å²) in [5.41, 5.74) is 13.5. The van der Waals surface area contributed by atoms with Gasteiger partial charge in [-0.15, -0.1) is 0 Å². The third kappa shape index (κ3) is 5.62. The fourth-order valence-electron chi connectivity index (χ4n) is 8.73. The van der Waals surface area contributed by atoms with E-state index in [9.17, 15) is 0 Å². The molecule has 9 aromatic carbocycles. The predicted molar refractivity (Wildman–Crippen MR) is 244 cm³/mol. The van der Waals surface area contributed by atoms with E-state index in [1.807, 2.05) is 0 Å². The molecule has 4 heteroatoms. The standard InChI is InChI=1S/C54H38N4/c1-5-18-39(19-6-1)55(45-32-34-53-49(37-45)47-28-13-15-30-51(47)57(53)41-22-9-3-10-23-41)43-26-17-27-44(36-43)56(40-20-7-2-8-21-40)46-33-35-54-50(38-46)48-29-14-16-31-52(48)58(54)42-24-11-4-12-25-42/h1-38H. The van der Waals surface area contributed by atoms with E-state index < -0.39 is 0 Å². The van der Waals surface area contributed by atoms with E-state index in [2.05, 4.69) is 249 Å². The first-order valence-electron chi connectivity index (χ1n) is 19.8. The van der Waals surface area contributed by atoms with Crippen molar-refractivity contribution in [1.29, 1.82) is 0 Å². The second kappa shape index (κ2) is 14.0. The minimum atomic E-state index is 1.07. The second-order valence-electron chi connectivity index (χ2n) is 14.6. The number of rotatable bonds is 8. The van der Waals surface area contributed by atoms with Crippen molar-refractivity contribution >= 4 is 77.7 Å². The molecule has 58 heavy (non-hydrogen) atoms. The van der Waals surface area contributed by atoms with Gasteiger partial charge in [0.05, 0.1) is 22.1 Å². The fourth-order valence-corrected chi connectivity index (χ4v) is 8.73. The van der Waals surface area contributed by atoms with E-state index in [4.69, 9.17) is 0 Å². The lowest BCUT2D eigenvalue weighted by Gasteiger charge is -2.29. The number of para-hydroxylation sites is 6. The minimum absolute atomic E-state index is 1.07. The van der Waals surface area contributed by atoms with Crippen molar-refractivity contribution < 1.29 is 0 Å². The molecule has 11 aromatic rings. The smallest absolute Gasteiger partial charge is 0.0542 e. The van der Waals surface area contributed by atoms with Gasteiger partial charge in [-0.05, 0) is 115 Å². The van der Waals surface area contributed by atoms with Crippen molar-refractivity contribution in [3.05, 3.63) is 231 Å². The van der Waals surface area contributed by atoms with Gasteiger partial charge in [0.25, 0.3) is 0 Å². The molecule has 0 atom stereocenters. The SMILES string of the molecule is c1ccc(N(c2cccc(N(c3ccccc3)c3ccc4c(c3)c3ccccc3n4-c3ccccc3)c2)c2ccc3c(c2)c2ccccc2n3-c2ccccc2)cc1. The number of anilines is 6. The number of nitrogens with zero attached hydrogens (tertiary/aromatic N) is 4. The van der Waals surface area contributed by atoms with Crippen LogP contribution in [-0.4, -0.2) is 9.13 Å². The molecule has 0 bridgehead atoms. The van der Waals surface area contributed by atoms with Gasteiger partial charge in [0.15, 0.2) is 0 Å². The molecule has 0 unspecified atom stereocenters. The normalized spacial score (nSPS) is 11.4. The van der Waals surface area contributed by atoms with E-state index >= 15 is 0 Å². The summed E-state index contributed by atoms with van der Waals surface area (Å²) in [6.45, 7) is 0. The van der Waals surface area contributed by atoms with E-state index in [-0.39, 0.29) is 0 Å². The molecule has 4 nitrogen and oxygen atoms in total. The summed E-state index contributed by atoms with van der Waals surface area (Å²) in [4.78, 5) is 4.74. The summed E-state index contributed by atoms with van der Waals surface area (Å²) >= 11 is 0. The Balaban J connectivity index is 1.08. The third-order valence-corrected chi connectivity index (χ3v) is 11.2. The van der Waals surface area contributed by atoms with E-state index in [0.29, 0.717) is 0 Å². The molecule has 0 saturated heterocycles. The van der Waals surface area contributed by atoms with Gasteiger partial charge in [0.2, 0.25) is 0 Å². The van der Waals surface area contributed by atoms with Crippen LogP contribution in [0.25, 0.3) is 55.0 Å². The highest BCUT2D eigenvalue weighted by atomic mass is 15.2. The van der Waals surface area contributed by atoms with Crippen molar-refractivity contribution in [2.45, 2.75) is 0 Å². The Morgan fingerprint density at radius 3 is 0.983 bits per heavy atom. The molecular weight excluding hydrogens is 705 g/mol. The highest BCUT2D eigenvalue weighted by Crippen LogP contribution is 2.44. The monoisotopic (exact) mass is 742 g/mol. The Kier molecular flexibility index (Phi) is 8.11. The summed E-state index contributed by atoms with van der Waals surface area (Å²) in [6, 6.07) is 82.8. The first-order chi connectivity index (χ1) is 28.8. The van der Waals surface area contributed by atoms with Crippen LogP contribution < -0.4 is 9.80 Å². The molecule has 0 aliphatic rings. The van der Waals surface area contributed by atoms with Crippen molar-refractivity contribution in [3.63, 3.8) is 0 Å².